The van der Waals surface area contributed by atoms with Crippen LogP contribution in [0.1, 0.15) is 32.1 Å². The molecule has 0 unspecified atom stereocenters. The number of amides is 1. The Kier molecular flexibility index (Phi) is 5.03. The van der Waals surface area contributed by atoms with Crippen LogP contribution < -0.4 is 16.5 Å². The molecule has 6 heteroatoms. The number of thiocarbonyl (C=S) groups is 1. The largest absolute Gasteiger partial charge is 0.388 e. The minimum absolute atomic E-state index is 0.0577. The van der Waals surface area contributed by atoms with Crippen molar-refractivity contribution in [1.29, 1.82) is 0 Å². The molecule has 1 fully saturated rings. The maximum atomic E-state index is 11.5. The summed E-state index contributed by atoms with van der Waals surface area (Å²) in [6.45, 7) is 0. The Hall–Kier alpha value is -1.17. The Bertz CT molecular complexity index is 261. The number of hydrogen-bond donors (Lipinski definition) is 3. The van der Waals surface area contributed by atoms with Gasteiger partial charge in [0.15, 0.2) is 4.99 Å². The summed E-state index contributed by atoms with van der Waals surface area (Å²) >= 11 is 4.82. The van der Waals surface area contributed by atoms with Crippen molar-refractivity contribution in [3.8, 4) is 0 Å². The van der Waals surface area contributed by atoms with Crippen molar-refractivity contribution in [1.82, 2.24) is 10.7 Å². The second-order valence-electron chi connectivity index (χ2n) is 3.53. The highest BCUT2D eigenvalue weighted by Gasteiger charge is 2.17. The minimum Gasteiger partial charge on any atom is -0.388 e. The van der Waals surface area contributed by atoms with Gasteiger partial charge in [0.1, 0.15) is 6.34 Å². The number of carbonyl (C=O) groups excluding carboxylic acids is 1. The summed E-state index contributed by atoms with van der Waals surface area (Å²) < 4.78 is 0. The molecule has 0 atom stereocenters. The van der Waals surface area contributed by atoms with Crippen LogP contribution in [0.5, 0.6) is 0 Å². The van der Waals surface area contributed by atoms with E-state index in [-0.39, 0.29) is 16.9 Å². The molecule has 0 aromatic heterocycles. The van der Waals surface area contributed by atoms with Gasteiger partial charge in [-0.2, -0.15) is 5.10 Å². The number of carbonyl (C=O) groups is 1. The fraction of sp³-hybridized carbons (Fsp3) is 0.667. The highest BCUT2D eigenvalue weighted by atomic mass is 32.1. The molecule has 0 aliphatic heterocycles. The fourth-order valence-electron chi connectivity index (χ4n) is 1.64. The molecule has 1 aliphatic carbocycles. The van der Waals surface area contributed by atoms with Gasteiger partial charge in [0.25, 0.3) is 5.91 Å². The monoisotopic (exact) mass is 228 g/mol. The van der Waals surface area contributed by atoms with Crippen LogP contribution in [0, 0.1) is 0 Å². The molecule has 4 N–H and O–H groups in total. The van der Waals surface area contributed by atoms with E-state index < -0.39 is 0 Å². The molecular formula is C9H16N4OS. The van der Waals surface area contributed by atoms with Crippen molar-refractivity contribution in [2.75, 3.05) is 0 Å². The van der Waals surface area contributed by atoms with Gasteiger partial charge in [0.05, 0.1) is 0 Å². The van der Waals surface area contributed by atoms with Gasteiger partial charge in [-0.3, -0.25) is 10.2 Å². The van der Waals surface area contributed by atoms with E-state index in [2.05, 4.69) is 15.8 Å². The van der Waals surface area contributed by atoms with Gasteiger partial charge in [0.2, 0.25) is 0 Å². The van der Waals surface area contributed by atoms with Crippen molar-refractivity contribution in [2.45, 2.75) is 38.1 Å². The number of hydrogen-bond acceptors (Lipinski definition) is 3. The van der Waals surface area contributed by atoms with Gasteiger partial charge in [-0.15, -0.1) is 0 Å². The second-order valence-corrected chi connectivity index (χ2v) is 3.94. The molecule has 0 bridgehead atoms. The molecule has 0 aromatic rings. The van der Waals surface area contributed by atoms with E-state index in [9.17, 15) is 4.79 Å². The van der Waals surface area contributed by atoms with Crippen LogP contribution >= 0.6 is 12.2 Å². The van der Waals surface area contributed by atoms with Gasteiger partial charge in [0, 0.05) is 6.04 Å². The van der Waals surface area contributed by atoms with E-state index in [1.807, 2.05) is 0 Å². The lowest BCUT2D eigenvalue weighted by atomic mass is 9.95. The average molecular weight is 228 g/mol. The lowest BCUT2D eigenvalue weighted by Gasteiger charge is -2.22. The van der Waals surface area contributed by atoms with Crippen LogP contribution in [-0.2, 0) is 4.79 Å². The average Bonchev–Trinajstić information content (AvgIpc) is 2.27. The molecular weight excluding hydrogens is 212 g/mol. The fourth-order valence-corrected chi connectivity index (χ4v) is 1.76. The minimum atomic E-state index is -0.275. The molecule has 1 rings (SSSR count). The van der Waals surface area contributed by atoms with Crippen LogP contribution in [0.2, 0.25) is 0 Å². The van der Waals surface area contributed by atoms with Gasteiger partial charge in [-0.1, -0.05) is 31.5 Å². The van der Waals surface area contributed by atoms with Gasteiger partial charge in [-0.05, 0) is 12.8 Å². The number of nitrogens with two attached hydrogens (primary N) is 1. The van der Waals surface area contributed by atoms with Gasteiger partial charge in [-0.25, -0.2) is 0 Å². The topological polar surface area (TPSA) is 79.5 Å². The van der Waals surface area contributed by atoms with E-state index in [0.29, 0.717) is 0 Å². The number of rotatable bonds is 2. The number of hydrazone groups is 1. The standard InChI is InChI=1S/C9H16N4OS/c10-6-11-13-9(15)8(14)12-7-4-2-1-3-5-7/h6-7H,1-5H2,(H2,10,11)(H,12,14)(H,13,15). The molecule has 0 aromatic carbocycles. The lowest BCUT2D eigenvalue weighted by molar-refractivity contribution is -0.115. The Labute approximate surface area is 94.5 Å². The summed E-state index contributed by atoms with van der Waals surface area (Å²) in [5.74, 6) is -0.275. The highest BCUT2D eigenvalue weighted by molar-refractivity contribution is 7.82. The molecule has 0 heterocycles. The third-order valence-electron chi connectivity index (χ3n) is 2.39. The third kappa shape index (κ3) is 4.24. The van der Waals surface area contributed by atoms with Crippen LogP contribution in [0.25, 0.3) is 0 Å². The number of nitrogens with zero attached hydrogens (tertiary/aromatic N) is 1. The van der Waals surface area contributed by atoms with Crippen molar-refractivity contribution < 1.29 is 4.79 Å². The van der Waals surface area contributed by atoms with Crippen molar-refractivity contribution in [3.05, 3.63) is 0 Å². The summed E-state index contributed by atoms with van der Waals surface area (Å²) in [4.78, 5) is 11.5. The normalized spacial score (nSPS) is 17.6. The molecule has 1 saturated carbocycles. The van der Waals surface area contributed by atoms with E-state index in [1.165, 1.54) is 19.3 Å². The van der Waals surface area contributed by atoms with Crippen LogP contribution in [0.15, 0.2) is 5.10 Å². The van der Waals surface area contributed by atoms with Crippen molar-refractivity contribution >= 4 is 29.5 Å². The summed E-state index contributed by atoms with van der Waals surface area (Å²) in [5, 5.41) is 6.36. The van der Waals surface area contributed by atoms with Crippen LogP contribution in [-0.4, -0.2) is 23.3 Å². The van der Waals surface area contributed by atoms with E-state index >= 15 is 0 Å². The van der Waals surface area contributed by atoms with E-state index in [4.69, 9.17) is 18.0 Å². The molecule has 0 radical (unpaired) electrons. The first-order valence-electron chi connectivity index (χ1n) is 5.08. The summed E-state index contributed by atoms with van der Waals surface area (Å²) in [5.41, 5.74) is 7.40. The first-order chi connectivity index (χ1) is 7.24. The first kappa shape index (κ1) is 11.9. The van der Waals surface area contributed by atoms with Gasteiger partial charge >= 0.3 is 0 Å². The van der Waals surface area contributed by atoms with Crippen molar-refractivity contribution in [3.63, 3.8) is 0 Å². The van der Waals surface area contributed by atoms with Crippen LogP contribution in [0.4, 0.5) is 0 Å². The molecule has 1 amide bonds. The summed E-state index contributed by atoms with van der Waals surface area (Å²) in [7, 11) is 0. The van der Waals surface area contributed by atoms with E-state index in [0.717, 1.165) is 19.2 Å². The Morgan fingerprint density at radius 3 is 2.67 bits per heavy atom. The Morgan fingerprint density at radius 1 is 1.40 bits per heavy atom. The summed E-state index contributed by atoms with van der Waals surface area (Å²) in [6, 6.07) is 0.257. The molecule has 5 nitrogen and oxygen atoms in total. The second kappa shape index (κ2) is 6.34. The maximum Gasteiger partial charge on any atom is 0.280 e. The molecule has 15 heavy (non-hydrogen) atoms. The Balaban J connectivity index is 2.30. The molecule has 84 valence electrons. The third-order valence-corrected chi connectivity index (χ3v) is 2.66. The lowest BCUT2D eigenvalue weighted by Crippen LogP contribution is -2.43. The predicted octanol–water partition coefficient (Wildman–Crippen LogP) is 0.254. The first-order valence-corrected chi connectivity index (χ1v) is 5.49. The highest BCUT2D eigenvalue weighted by Crippen LogP contribution is 2.17. The maximum absolute atomic E-state index is 11.5. The molecule has 0 saturated heterocycles. The van der Waals surface area contributed by atoms with Gasteiger partial charge < -0.3 is 11.1 Å². The van der Waals surface area contributed by atoms with Crippen molar-refractivity contribution in [2.24, 2.45) is 10.8 Å². The predicted molar refractivity (Wildman–Crippen MR) is 63.4 cm³/mol. The number of nitrogens with one attached hydrogen (secondary N) is 2. The zero-order valence-electron chi connectivity index (χ0n) is 8.53. The molecule has 1 aliphatic rings. The van der Waals surface area contributed by atoms with E-state index in [1.54, 1.807) is 0 Å². The zero-order valence-corrected chi connectivity index (χ0v) is 9.35. The Morgan fingerprint density at radius 2 is 2.07 bits per heavy atom. The zero-order chi connectivity index (χ0) is 11.1. The SMILES string of the molecule is N/C=N/NC(=S)C(=O)NC1CCCCC1. The molecule has 0 spiro atoms. The smallest absolute Gasteiger partial charge is 0.280 e. The quantitative estimate of drug-likeness (QED) is 0.274. The summed E-state index contributed by atoms with van der Waals surface area (Å²) in [6.07, 6.45) is 6.73. The van der Waals surface area contributed by atoms with Crippen LogP contribution in [0.3, 0.4) is 0 Å².